The fraction of sp³-hybridized carbons (Fsp3) is 0. The van der Waals surface area contributed by atoms with Crippen molar-refractivity contribution in [2.24, 2.45) is 0 Å². The van der Waals surface area contributed by atoms with Gasteiger partial charge in [-0.3, -0.25) is 9.71 Å². The number of rotatable bonds is 3. The van der Waals surface area contributed by atoms with Gasteiger partial charge in [-0.25, -0.2) is 8.42 Å². The van der Waals surface area contributed by atoms with Crippen molar-refractivity contribution in [1.29, 1.82) is 0 Å². The van der Waals surface area contributed by atoms with Crippen LogP contribution in [0.1, 0.15) is 0 Å². The predicted octanol–water partition coefficient (Wildman–Crippen LogP) is 3.80. The minimum Gasteiger partial charge on any atom is -0.280 e. The summed E-state index contributed by atoms with van der Waals surface area (Å²) >= 11 is 3.41. The molecule has 0 amide bonds. The van der Waals surface area contributed by atoms with E-state index < -0.39 is 10.0 Å². The number of hydrogen-bond acceptors (Lipinski definition) is 3. The van der Waals surface area contributed by atoms with Crippen molar-refractivity contribution in [3.8, 4) is 0 Å². The number of sulfonamides is 1. The predicted molar refractivity (Wildman–Crippen MR) is 86.7 cm³/mol. The van der Waals surface area contributed by atoms with E-state index in [0.29, 0.717) is 5.69 Å². The van der Waals surface area contributed by atoms with Crippen molar-refractivity contribution in [2.45, 2.75) is 4.90 Å². The summed E-state index contributed by atoms with van der Waals surface area (Å²) in [6.45, 7) is 0. The van der Waals surface area contributed by atoms with E-state index in [2.05, 4.69) is 25.6 Å². The number of anilines is 1. The van der Waals surface area contributed by atoms with Crippen LogP contribution >= 0.6 is 15.9 Å². The summed E-state index contributed by atoms with van der Waals surface area (Å²) in [5, 5.41) is 2.00. The Bertz CT molecular complexity index is 896. The molecule has 21 heavy (non-hydrogen) atoms. The Morgan fingerprint density at radius 1 is 1.00 bits per heavy atom. The van der Waals surface area contributed by atoms with Gasteiger partial charge in [-0.15, -0.1) is 0 Å². The topological polar surface area (TPSA) is 59.1 Å². The quantitative estimate of drug-likeness (QED) is 0.770. The zero-order chi connectivity index (χ0) is 14.9. The summed E-state index contributed by atoms with van der Waals surface area (Å²) in [6.07, 6.45) is 2.85. The van der Waals surface area contributed by atoms with Gasteiger partial charge in [-0.05, 0) is 47.2 Å². The van der Waals surface area contributed by atoms with Crippen LogP contribution in [0, 0.1) is 0 Å². The molecule has 1 heterocycles. The van der Waals surface area contributed by atoms with Gasteiger partial charge >= 0.3 is 0 Å². The van der Waals surface area contributed by atoms with Crippen LogP contribution in [0.4, 0.5) is 5.69 Å². The Balaban J connectivity index is 1.97. The fourth-order valence-corrected chi connectivity index (χ4v) is 3.39. The molecule has 3 rings (SSSR count). The lowest BCUT2D eigenvalue weighted by Crippen LogP contribution is -2.12. The first-order valence-electron chi connectivity index (χ1n) is 6.17. The number of pyridine rings is 1. The number of aromatic nitrogens is 1. The lowest BCUT2D eigenvalue weighted by molar-refractivity contribution is 0.601. The Kier molecular flexibility index (Phi) is 3.65. The average molecular weight is 363 g/mol. The summed E-state index contributed by atoms with van der Waals surface area (Å²) in [5.41, 5.74) is 0.522. The average Bonchev–Trinajstić information content (AvgIpc) is 2.48. The van der Waals surface area contributed by atoms with Crippen molar-refractivity contribution < 1.29 is 8.42 Å². The Hall–Kier alpha value is -1.92. The van der Waals surface area contributed by atoms with Gasteiger partial charge in [-0.2, -0.15) is 0 Å². The van der Waals surface area contributed by atoms with E-state index >= 15 is 0 Å². The first-order valence-corrected chi connectivity index (χ1v) is 8.44. The summed E-state index contributed by atoms with van der Waals surface area (Å²) in [4.78, 5) is 3.97. The van der Waals surface area contributed by atoms with Crippen LogP contribution in [0.15, 0.2) is 70.3 Å². The Morgan fingerprint density at radius 2 is 1.76 bits per heavy atom. The highest BCUT2D eigenvalue weighted by Crippen LogP contribution is 2.24. The molecule has 0 fully saturated rings. The van der Waals surface area contributed by atoms with Crippen LogP contribution in [0.2, 0.25) is 0 Å². The smallest absolute Gasteiger partial charge is 0.263 e. The zero-order valence-electron chi connectivity index (χ0n) is 10.8. The monoisotopic (exact) mass is 362 g/mol. The summed E-state index contributed by atoms with van der Waals surface area (Å²) < 4.78 is 28.0. The molecule has 0 atom stereocenters. The van der Waals surface area contributed by atoms with E-state index in [1.165, 1.54) is 18.5 Å². The highest BCUT2D eigenvalue weighted by molar-refractivity contribution is 9.10. The summed E-state index contributed by atoms with van der Waals surface area (Å²) in [6, 6.07) is 14.3. The maximum absolute atomic E-state index is 12.2. The Labute approximate surface area is 131 Å². The van der Waals surface area contributed by atoms with Gasteiger partial charge in [0.25, 0.3) is 10.0 Å². The Morgan fingerprint density at radius 3 is 2.52 bits per heavy atom. The minimum atomic E-state index is -3.61. The number of fused-ring (bicyclic) bond motifs is 1. The molecule has 2 aromatic carbocycles. The molecule has 0 unspecified atom stereocenters. The van der Waals surface area contributed by atoms with Crippen LogP contribution in [-0.4, -0.2) is 13.4 Å². The second kappa shape index (κ2) is 5.46. The van der Waals surface area contributed by atoms with Gasteiger partial charge in [0, 0.05) is 22.6 Å². The fourth-order valence-electron chi connectivity index (χ4n) is 2.00. The third-order valence-corrected chi connectivity index (χ3v) is 4.86. The molecular formula is C15H11BrN2O2S. The zero-order valence-corrected chi connectivity index (χ0v) is 13.2. The highest BCUT2D eigenvalue weighted by atomic mass is 79.9. The minimum absolute atomic E-state index is 0.140. The van der Waals surface area contributed by atoms with E-state index in [-0.39, 0.29) is 4.90 Å². The van der Waals surface area contributed by atoms with Crippen molar-refractivity contribution in [3.05, 3.63) is 65.4 Å². The molecule has 0 aliphatic carbocycles. The highest BCUT2D eigenvalue weighted by Gasteiger charge is 2.14. The third-order valence-electron chi connectivity index (χ3n) is 3.00. The standard InChI is InChI=1S/C15H11BrN2O2S/c16-13-5-3-12-9-14(6-4-11(12)8-13)18-21(19,20)15-2-1-7-17-10-15/h1-10,18H. The number of hydrogen-bond donors (Lipinski definition) is 1. The van der Waals surface area contributed by atoms with Gasteiger partial charge in [0.15, 0.2) is 0 Å². The van der Waals surface area contributed by atoms with Gasteiger partial charge in [-0.1, -0.05) is 28.1 Å². The normalized spacial score (nSPS) is 11.5. The second-order valence-corrected chi connectivity index (χ2v) is 7.10. The summed E-state index contributed by atoms with van der Waals surface area (Å²) in [7, 11) is -3.61. The van der Waals surface area contributed by atoms with Gasteiger partial charge in [0.2, 0.25) is 0 Å². The van der Waals surface area contributed by atoms with E-state index in [1.807, 2.05) is 24.3 Å². The van der Waals surface area contributed by atoms with Crippen LogP contribution in [0.5, 0.6) is 0 Å². The molecule has 0 spiro atoms. The maximum Gasteiger partial charge on any atom is 0.263 e. The molecule has 1 N–H and O–H groups in total. The molecule has 0 saturated heterocycles. The lowest BCUT2D eigenvalue weighted by atomic mass is 10.1. The van der Waals surface area contributed by atoms with Crippen molar-refractivity contribution >= 4 is 42.4 Å². The maximum atomic E-state index is 12.2. The number of halogens is 1. The van der Waals surface area contributed by atoms with E-state index in [4.69, 9.17) is 0 Å². The van der Waals surface area contributed by atoms with Crippen molar-refractivity contribution in [3.63, 3.8) is 0 Å². The van der Waals surface area contributed by atoms with Gasteiger partial charge < -0.3 is 0 Å². The molecule has 3 aromatic rings. The molecule has 0 aliphatic rings. The van der Waals surface area contributed by atoms with E-state index in [1.54, 1.807) is 18.2 Å². The number of nitrogens with one attached hydrogen (secondary N) is 1. The molecule has 1 aromatic heterocycles. The molecular weight excluding hydrogens is 352 g/mol. The molecule has 0 aliphatic heterocycles. The molecule has 6 heteroatoms. The van der Waals surface area contributed by atoms with Crippen LogP contribution in [0.3, 0.4) is 0 Å². The molecule has 106 valence electrons. The second-order valence-electron chi connectivity index (χ2n) is 4.50. The lowest BCUT2D eigenvalue weighted by Gasteiger charge is -2.08. The molecule has 0 bridgehead atoms. The molecule has 0 radical (unpaired) electrons. The first-order chi connectivity index (χ1) is 10.0. The SMILES string of the molecule is O=S(=O)(Nc1ccc2cc(Br)ccc2c1)c1cccnc1. The van der Waals surface area contributed by atoms with Crippen LogP contribution in [-0.2, 0) is 10.0 Å². The van der Waals surface area contributed by atoms with Gasteiger partial charge in [0.05, 0.1) is 0 Å². The third kappa shape index (κ3) is 3.06. The van der Waals surface area contributed by atoms with Gasteiger partial charge in [0.1, 0.15) is 4.90 Å². The van der Waals surface area contributed by atoms with E-state index in [0.717, 1.165) is 15.2 Å². The van der Waals surface area contributed by atoms with Crippen LogP contribution < -0.4 is 4.72 Å². The first kappa shape index (κ1) is 14.0. The van der Waals surface area contributed by atoms with Crippen molar-refractivity contribution in [2.75, 3.05) is 4.72 Å². The van der Waals surface area contributed by atoms with Crippen molar-refractivity contribution in [1.82, 2.24) is 4.98 Å². The number of nitrogens with zero attached hydrogens (tertiary/aromatic N) is 1. The summed E-state index contributed by atoms with van der Waals surface area (Å²) in [5.74, 6) is 0. The van der Waals surface area contributed by atoms with Crippen LogP contribution in [0.25, 0.3) is 10.8 Å². The number of benzene rings is 2. The van der Waals surface area contributed by atoms with E-state index in [9.17, 15) is 8.42 Å². The largest absolute Gasteiger partial charge is 0.280 e. The molecule has 4 nitrogen and oxygen atoms in total. The molecule has 0 saturated carbocycles.